The molecule has 1 rings (SSSR count). The van der Waals surface area contributed by atoms with Crippen LogP contribution in [-0.4, -0.2) is 23.7 Å². The first-order chi connectivity index (χ1) is 7.56. The number of rotatable bonds is 6. The fourth-order valence-electron chi connectivity index (χ4n) is 2.21. The Bertz CT molecular complexity index is 277. The normalized spacial score (nSPS) is 29.2. The highest BCUT2D eigenvalue weighted by Crippen LogP contribution is 2.40. The Kier molecular flexibility index (Phi) is 4.78. The number of halogens is 1. The minimum atomic E-state index is -0.908. The van der Waals surface area contributed by atoms with Crippen molar-refractivity contribution in [2.45, 2.75) is 52.1 Å². The third kappa shape index (κ3) is 2.57. The largest absolute Gasteiger partial charge is 0.460 e. The van der Waals surface area contributed by atoms with E-state index in [1.165, 1.54) is 6.92 Å². The van der Waals surface area contributed by atoms with Crippen LogP contribution in [0.4, 0.5) is 0 Å². The smallest absolute Gasteiger partial charge is 0.320 e. The predicted octanol–water partition coefficient (Wildman–Crippen LogP) is 2.70. The van der Waals surface area contributed by atoms with Gasteiger partial charge in [-0.05, 0) is 13.3 Å². The van der Waals surface area contributed by atoms with Crippen LogP contribution < -0.4 is 0 Å². The quantitative estimate of drug-likeness (QED) is 0.313. The average Bonchev–Trinajstić information content (AvgIpc) is 2.57. The number of hydrogen-bond acceptors (Lipinski definition) is 3. The summed E-state index contributed by atoms with van der Waals surface area (Å²) in [5.74, 6) is -0.183. The molecule has 1 saturated heterocycles. The van der Waals surface area contributed by atoms with Crippen LogP contribution in [0.1, 0.15) is 46.0 Å². The molecule has 0 aromatic heterocycles. The zero-order valence-electron chi connectivity index (χ0n) is 9.92. The first-order valence-corrected chi connectivity index (χ1v) is 6.38. The van der Waals surface area contributed by atoms with E-state index < -0.39 is 5.41 Å². The molecule has 0 aromatic rings. The summed E-state index contributed by atoms with van der Waals surface area (Å²) in [6.07, 6.45) is 3.76. The van der Waals surface area contributed by atoms with Crippen molar-refractivity contribution in [3.63, 3.8) is 0 Å². The standard InChI is InChI=1S/C12H19ClO3/c1-3-4-5-6-12(9(2)14)7-10(8-13)16-11(12)15/h10H,3-8H2,1-2H3. The van der Waals surface area contributed by atoms with Crippen LogP contribution in [-0.2, 0) is 14.3 Å². The fraction of sp³-hybridized carbons (Fsp3) is 0.833. The summed E-state index contributed by atoms with van der Waals surface area (Å²) in [4.78, 5) is 23.5. The summed E-state index contributed by atoms with van der Waals surface area (Å²) in [6.45, 7) is 3.57. The Balaban J connectivity index is 2.73. The van der Waals surface area contributed by atoms with Crippen LogP contribution >= 0.6 is 11.6 Å². The first-order valence-electron chi connectivity index (χ1n) is 5.85. The lowest BCUT2D eigenvalue weighted by Crippen LogP contribution is -2.34. The Morgan fingerprint density at radius 3 is 2.69 bits per heavy atom. The van der Waals surface area contributed by atoms with Crippen LogP contribution in [0.5, 0.6) is 0 Å². The van der Waals surface area contributed by atoms with Crippen molar-refractivity contribution in [3.05, 3.63) is 0 Å². The molecule has 2 unspecified atom stereocenters. The van der Waals surface area contributed by atoms with Gasteiger partial charge in [0.25, 0.3) is 0 Å². The van der Waals surface area contributed by atoms with Crippen LogP contribution in [0.15, 0.2) is 0 Å². The third-order valence-corrected chi connectivity index (χ3v) is 3.64. The maximum Gasteiger partial charge on any atom is 0.320 e. The third-order valence-electron chi connectivity index (χ3n) is 3.29. The average molecular weight is 247 g/mol. The second-order valence-corrected chi connectivity index (χ2v) is 4.79. The van der Waals surface area contributed by atoms with E-state index in [1.54, 1.807) is 0 Å². The molecule has 0 spiro atoms. The zero-order valence-corrected chi connectivity index (χ0v) is 10.7. The molecule has 1 heterocycles. The van der Waals surface area contributed by atoms with E-state index in [-0.39, 0.29) is 23.7 Å². The maximum absolute atomic E-state index is 11.8. The Labute approximate surface area is 101 Å². The maximum atomic E-state index is 11.8. The number of hydrogen-bond donors (Lipinski definition) is 0. The molecule has 0 bridgehead atoms. The van der Waals surface area contributed by atoms with E-state index in [1.807, 2.05) is 0 Å². The SMILES string of the molecule is CCCCCC1(C(C)=O)CC(CCl)OC1=O. The van der Waals surface area contributed by atoms with Crippen LogP contribution in [0.3, 0.4) is 0 Å². The molecule has 1 aliphatic rings. The molecule has 16 heavy (non-hydrogen) atoms. The van der Waals surface area contributed by atoms with Gasteiger partial charge in [0.2, 0.25) is 0 Å². The van der Waals surface area contributed by atoms with Gasteiger partial charge in [0, 0.05) is 6.42 Å². The van der Waals surface area contributed by atoms with Crippen molar-refractivity contribution in [3.8, 4) is 0 Å². The van der Waals surface area contributed by atoms with E-state index in [2.05, 4.69) is 6.92 Å². The number of ketones is 1. The minimum Gasteiger partial charge on any atom is -0.460 e. The monoisotopic (exact) mass is 246 g/mol. The van der Waals surface area contributed by atoms with Gasteiger partial charge < -0.3 is 4.74 Å². The molecule has 0 aliphatic carbocycles. The lowest BCUT2D eigenvalue weighted by Gasteiger charge is -2.20. The van der Waals surface area contributed by atoms with Gasteiger partial charge in [-0.3, -0.25) is 9.59 Å². The highest BCUT2D eigenvalue weighted by molar-refractivity contribution is 6.18. The van der Waals surface area contributed by atoms with Gasteiger partial charge in [-0.15, -0.1) is 11.6 Å². The van der Waals surface area contributed by atoms with Crippen molar-refractivity contribution in [2.75, 3.05) is 5.88 Å². The van der Waals surface area contributed by atoms with Crippen LogP contribution in [0.25, 0.3) is 0 Å². The summed E-state index contributed by atoms with van der Waals surface area (Å²) in [7, 11) is 0. The van der Waals surface area contributed by atoms with Crippen molar-refractivity contribution in [1.29, 1.82) is 0 Å². The molecule has 1 fully saturated rings. The molecular weight excluding hydrogens is 228 g/mol. The van der Waals surface area contributed by atoms with Gasteiger partial charge in [-0.1, -0.05) is 26.2 Å². The van der Waals surface area contributed by atoms with Gasteiger partial charge in [-0.2, -0.15) is 0 Å². The Morgan fingerprint density at radius 1 is 1.56 bits per heavy atom. The number of cyclic esters (lactones) is 1. The lowest BCUT2D eigenvalue weighted by molar-refractivity contribution is -0.152. The van der Waals surface area contributed by atoms with Gasteiger partial charge in [0.1, 0.15) is 17.3 Å². The topological polar surface area (TPSA) is 43.4 Å². The van der Waals surface area contributed by atoms with Crippen molar-refractivity contribution in [2.24, 2.45) is 5.41 Å². The van der Waals surface area contributed by atoms with E-state index in [9.17, 15) is 9.59 Å². The van der Waals surface area contributed by atoms with Gasteiger partial charge >= 0.3 is 5.97 Å². The zero-order chi connectivity index (χ0) is 12.2. The number of Topliss-reactive ketones (excluding diaryl/α,β-unsaturated/α-hetero) is 1. The molecule has 92 valence electrons. The van der Waals surface area contributed by atoms with E-state index in [4.69, 9.17) is 16.3 Å². The molecule has 0 radical (unpaired) electrons. The Morgan fingerprint density at radius 2 is 2.25 bits per heavy atom. The number of carbonyl (C=O) groups is 2. The summed E-state index contributed by atoms with van der Waals surface area (Å²) >= 11 is 5.68. The second-order valence-electron chi connectivity index (χ2n) is 4.48. The molecular formula is C12H19ClO3. The summed E-state index contributed by atoms with van der Waals surface area (Å²) in [5, 5.41) is 0. The molecule has 3 nitrogen and oxygen atoms in total. The van der Waals surface area contributed by atoms with Gasteiger partial charge in [0.05, 0.1) is 5.88 Å². The summed E-state index contributed by atoms with van der Waals surface area (Å²) in [6, 6.07) is 0. The van der Waals surface area contributed by atoms with E-state index >= 15 is 0 Å². The van der Waals surface area contributed by atoms with E-state index in [0.29, 0.717) is 12.8 Å². The molecule has 0 saturated carbocycles. The van der Waals surface area contributed by atoms with Crippen LogP contribution in [0, 0.1) is 5.41 Å². The number of esters is 1. The van der Waals surface area contributed by atoms with Gasteiger partial charge in [0.15, 0.2) is 0 Å². The fourth-order valence-corrected chi connectivity index (χ4v) is 2.38. The number of ether oxygens (including phenoxy) is 1. The molecule has 4 heteroatoms. The molecule has 0 N–H and O–H groups in total. The van der Waals surface area contributed by atoms with Crippen molar-refractivity contribution in [1.82, 2.24) is 0 Å². The second kappa shape index (κ2) is 5.67. The Hall–Kier alpha value is -0.570. The minimum absolute atomic E-state index is 0.0822. The molecule has 2 atom stereocenters. The van der Waals surface area contributed by atoms with Crippen molar-refractivity contribution < 1.29 is 14.3 Å². The van der Waals surface area contributed by atoms with E-state index in [0.717, 1.165) is 19.3 Å². The highest BCUT2D eigenvalue weighted by atomic mass is 35.5. The lowest BCUT2D eigenvalue weighted by atomic mass is 9.77. The summed E-state index contributed by atoms with van der Waals surface area (Å²) in [5.41, 5.74) is -0.908. The van der Waals surface area contributed by atoms with Crippen LogP contribution in [0.2, 0.25) is 0 Å². The number of alkyl halides is 1. The molecule has 0 aromatic carbocycles. The number of carbonyl (C=O) groups excluding carboxylic acids is 2. The molecule has 1 aliphatic heterocycles. The first kappa shape index (κ1) is 13.5. The predicted molar refractivity (Wildman–Crippen MR) is 62.5 cm³/mol. The van der Waals surface area contributed by atoms with Crippen molar-refractivity contribution >= 4 is 23.4 Å². The number of unbranched alkanes of at least 4 members (excludes halogenated alkanes) is 2. The highest BCUT2D eigenvalue weighted by Gasteiger charge is 2.51. The van der Waals surface area contributed by atoms with Gasteiger partial charge in [-0.25, -0.2) is 0 Å². The molecule has 0 amide bonds. The summed E-state index contributed by atoms with van der Waals surface area (Å²) < 4.78 is 5.13.